The number of rotatable bonds is 5. The van der Waals surface area contributed by atoms with E-state index in [1.165, 1.54) is 12.3 Å². The number of benzene rings is 1. The van der Waals surface area contributed by atoms with Crippen molar-refractivity contribution in [2.45, 2.75) is 25.1 Å². The predicted molar refractivity (Wildman–Crippen MR) is 87.0 cm³/mol. The molecular weight excluding hydrogens is 359 g/mol. The van der Waals surface area contributed by atoms with Crippen molar-refractivity contribution in [1.29, 1.82) is 0 Å². The first-order valence-electron chi connectivity index (χ1n) is 7.61. The van der Waals surface area contributed by atoms with E-state index >= 15 is 0 Å². The first kappa shape index (κ1) is 17.7. The van der Waals surface area contributed by atoms with Crippen LogP contribution in [0.3, 0.4) is 0 Å². The van der Waals surface area contributed by atoms with Gasteiger partial charge < -0.3 is 15.4 Å². The number of hydrogen-bond donors (Lipinski definition) is 2. The van der Waals surface area contributed by atoms with Crippen molar-refractivity contribution in [2.75, 3.05) is 23.8 Å². The molecule has 0 amide bonds. The Labute approximate surface area is 146 Å². The molecule has 25 heavy (non-hydrogen) atoms. The number of halogens is 4. The molecule has 0 radical (unpaired) electrons. The van der Waals surface area contributed by atoms with Crippen LogP contribution in [0.15, 0.2) is 24.4 Å². The van der Waals surface area contributed by atoms with Crippen LogP contribution >= 0.6 is 11.6 Å². The summed E-state index contributed by atoms with van der Waals surface area (Å²) in [5.41, 5.74) is -0.722. The summed E-state index contributed by atoms with van der Waals surface area (Å²) >= 11 is 5.96. The van der Waals surface area contributed by atoms with E-state index in [4.69, 9.17) is 16.3 Å². The molecule has 1 atom stereocenters. The van der Waals surface area contributed by atoms with Crippen LogP contribution < -0.4 is 10.6 Å². The molecule has 1 aliphatic heterocycles. The van der Waals surface area contributed by atoms with Crippen LogP contribution in [0, 0.1) is 0 Å². The Hall–Kier alpha value is -2.13. The Morgan fingerprint density at radius 2 is 2.16 bits per heavy atom. The Bertz CT molecular complexity index is 737. The van der Waals surface area contributed by atoms with Crippen molar-refractivity contribution in [1.82, 2.24) is 15.2 Å². The molecule has 2 N–H and O–H groups in total. The van der Waals surface area contributed by atoms with Crippen LogP contribution in [0.25, 0.3) is 0 Å². The van der Waals surface area contributed by atoms with E-state index in [2.05, 4.69) is 25.8 Å². The van der Waals surface area contributed by atoms with E-state index in [9.17, 15) is 13.2 Å². The lowest BCUT2D eigenvalue weighted by atomic mass is 10.2. The fourth-order valence-electron chi connectivity index (χ4n) is 2.38. The molecule has 134 valence electrons. The van der Waals surface area contributed by atoms with E-state index in [1.807, 2.05) is 0 Å². The summed E-state index contributed by atoms with van der Waals surface area (Å²) in [6, 6.07) is 3.02. The molecule has 1 saturated heterocycles. The standard InChI is InChI=1S/C15H15ClF3N5O/c16-11-4-3-9(15(17,18)19)6-12(11)22-13-8-21-24-14(23-13)20-7-10-2-1-5-25-10/h3-4,6,8,10H,1-2,5,7H2,(H2,20,22,23,24). The van der Waals surface area contributed by atoms with Gasteiger partial charge in [-0.15, -0.1) is 5.10 Å². The molecule has 1 aromatic heterocycles. The third-order valence-electron chi connectivity index (χ3n) is 3.63. The van der Waals surface area contributed by atoms with Crippen LogP contribution in [0.1, 0.15) is 18.4 Å². The van der Waals surface area contributed by atoms with Gasteiger partial charge in [-0.05, 0) is 31.0 Å². The minimum absolute atomic E-state index is 0.0852. The zero-order valence-electron chi connectivity index (χ0n) is 13.0. The molecule has 0 aliphatic carbocycles. The van der Waals surface area contributed by atoms with E-state index < -0.39 is 11.7 Å². The summed E-state index contributed by atoms with van der Waals surface area (Å²) in [6.07, 6.45) is -1.09. The number of nitrogens with zero attached hydrogens (tertiary/aromatic N) is 3. The van der Waals surface area contributed by atoms with Crippen molar-refractivity contribution in [2.24, 2.45) is 0 Å². The molecular formula is C15H15ClF3N5O. The number of anilines is 3. The lowest BCUT2D eigenvalue weighted by Gasteiger charge is -2.13. The molecule has 10 heteroatoms. The highest BCUT2D eigenvalue weighted by Gasteiger charge is 2.31. The van der Waals surface area contributed by atoms with E-state index in [0.29, 0.717) is 6.54 Å². The Morgan fingerprint density at radius 3 is 2.88 bits per heavy atom. The first-order chi connectivity index (χ1) is 11.9. The fourth-order valence-corrected chi connectivity index (χ4v) is 2.55. The zero-order valence-corrected chi connectivity index (χ0v) is 13.7. The largest absolute Gasteiger partial charge is 0.416 e. The molecule has 2 heterocycles. The van der Waals surface area contributed by atoms with E-state index in [0.717, 1.165) is 31.6 Å². The Morgan fingerprint density at radius 1 is 1.32 bits per heavy atom. The second-order valence-electron chi connectivity index (χ2n) is 5.50. The average molecular weight is 374 g/mol. The SMILES string of the molecule is FC(F)(F)c1ccc(Cl)c(Nc2cnnc(NCC3CCCO3)n2)c1. The molecule has 1 aromatic carbocycles. The molecule has 3 rings (SSSR count). The first-order valence-corrected chi connectivity index (χ1v) is 7.98. The molecule has 0 saturated carbocycles. The molecule has 1 fully saturated rings. The van der Waals surface area contributed by atoms with E-state index in [-0.39, 0.29) is 28.6 Å². The van der Waals surface area contributed by atoms with Gasteiger partial charge in [0, 0.05) is 13.2 Å². The van der Waals surface area contributed by atoms with Gasteiger partial charge in [0.05, 0.1) is 28.6 Å². The fraction of sp³-hybridized carbons (Fsp3) is 0.400. The summed E-state index contributed by atoms with van der Waals surface area (Å²) in [4.78, 5) is 4.17. The maximum absolute atomic E-state index is 12.8. The Kier molecular flexibility index (Phi) is 5.24. The van der Waals surface area contributed by atoms with Gasteiger partial charge >= 0.3 is 6.18 Å². The van der Waals surface area contributed by atoms with Crippen molar-refractivity contribution in [3.63, 3.8) is 0 Å². The highest BCUT2D eigenvalue weighted by molar-refractivity contribution is 6.33. The normalized spacial score (nSPS) is 17.5. The number of hydrogen-bond acceptors (Lipinski definition) is 6. The van der Waals surface area contributed by atoms with Crippen LogP contribution in [-0.4, -0.2) is 34.4 Å². The number of alkyl halides is 3. The third kappa shape index (κ3) is 4.70. The predicted octanol–water partition coefficient (Wildman–Crippen LogP) is 3.88. The maximum Gasteiger partial charge on any atom is 0.416 e. The van der Waals surface area contributed by atoms with Crippen LogP contribution in [0.5, 0.6) is 0 Å². The summed E-state index contributed by atoms with van der Waals surface area (Å²) in [7, 11) is 0. The zero-order chi connectivity index (χ0) is 17.9. The number of nitrogens with one attached hydrogen (secondary N) is 2. The van der Waals surface area contributed by atoms with E-state index in [1.54, 1.807) is 0 Å². The van der Waals surface area contributed by atoms with Crippen molar-refractivity contribution >= 4 is 29.1 Å². The van der Waals surface area contributed by atoms with Gasteiger partial charge in [-0.25, -0.2) is 0 Å². The van der Waals surface area contributed by atoms with Crippen molar-refractivity contribution < 1.29 is 17.9 Å². The van der Waals surface area contributed by atoms with Crippen LogP contribution in [-0.2, 0) is 10.9 Å². The number of ether oxygens (including phenoxy) is 1. The monoisotopic (exact) mass is 373 g/mol. The molecule has 0 bridgehead atoms. The van der Waals surface area contributed by atoms with Gasteiger partial charge in [0.1, 0.15) is 0 Å². The smallest absolute Gasteiger partial charge is 0.376 e. The summed E-state index contributed by atoms with van der Waals surface area (Å²) < 4.78 is 43.9. The lowest BCUT2D eigenvalue weighted by Crippen LogP contribution is -2.20. The van der Waals surface area contributed by atoms with Crippen LogP contribution in [0.4, 0.5) is 30.6 Å². The summed E-state index contributed by atoms with van der Waals surface area (Å²) in [6.45, 7) is 1.27. The minimum atomic E-state index is -4.46. The summed E-state index contributed by atoms with van der Waals surface area (Å²) in [5.74, 6) is 0.481. The molecule has 1 unspecified atom stereocenters. The second kappa shape index (κ2) is 7.40. The van der Waals surface area contributed by atoms with Gasteiger partial charge in [-0.3, -0.25) is 0 Å². The lowest BCUT2D eigenvalue weighted by molar-refractivity contribution is -0.137. The van der Waals surface area contributed by atoms with Gasteiger partial charge in [-0.1, -0.05) is 11.6 Å². The highest BCUT2D eigenvalue weighted by atomic mass is 35.5. The van der Waals surface area contributed by atoms with Crippen LogP contribution in [0.2, 0.25) is 5.02 Å². The van der Waals surface area contributed by atoms with Gasteiger partial charge in [-0.2, -0.15) is 23.3 Å². The van der Waals surface area contributed by atoms with Gasteiger partial charge in [0.15, 0.2) is 5.82 Å². The average Bonchev–Trinajstić information content (AvgIpc) is 3.08. The van der Waals surface area contributed by atoms with Gasteiger partial charge in [0.25, 0.3) is 0 Å². The van der Waals surface area contributed by atoms with Crippen molar-refractivity contribution in [3.8, 4) is 0 Å². The molecule has 6 nitrogen and oxygen atoms in total. The van der Waals surface area contributed by atoms with Crippen molar-refractivity contribution in [3.05, 3.63) is 35.0 Å². The highest BCUT2D eigenvalue weighted by Crippen LogP contribution is 2.34. The second-order valence-corrected chi connectivity index (χ2v) is 5.91. The quantitative estimate of drug-likeness (QED) is 0.828. The summed E-state index contributed by atoms with van der Waals surface area (Å²) in [5, 5.41) is 13.5. The molecule has 1 aliphatic rings. The van der Waals surface area contributed by atoms with Gasteiger partial charge in [0.2, 0.25) is 5.95 Å². The molecule has 0 spiro atoms. The third-order valence-corrected chi connectivity index (χ3v) is 3.96. The molecule has 2 aromatic rings. The topological polar surface area (TPSA) is 72.0 Å². The Balaban J connectivity index is 1.71. The number of aromatic nitrogens is 3. The minimum Gasteiger partial charge on any atom is -0.376 e. The maximum atomic E-state index is 12.8.